The Morgan fingerprint density at radius 3 is 2.65 bits per heavy atom. The molecule has 1 aromatic carbocycles. The van der Waals surface area contributed by atoms with Gasteiger partial charge < -0.3 is 10.2 Å². The molecule has 1 heterocycles. The molecule has 0 aromatic heterocycles. The lowest BCUT2D eigenvalue weighted by molar-refractivity contribution is 0.229. The van der Waals surface area contributed by atoms with Crippen LogP contribution in [0, 0.1) is 0 Å². The average molecular weight is 253 g/mol. The number of nitrogens with zero attached hydrogens (tertiary/aromatic N) is 1. The standard InChI is InChI=1S/C14H21ClN2/c15-14-7-3-2-6-13(14)12-16-8-11-17-9-4-1-5-10-17/h2-3,6-7,16H,1,4-5,8-12H2. The topological polar surface area (TPSA) is 15.3 Å². The molecule has 1 saturated heterocycles. The molecule has 0 radical (unpaired) electrons. The zero-order chi connectivity index (χ0) is 11.9. The van der Waals surface area contributed by atoms with E-state index in [4.69, 9.17) is 11.6 Å². The maximum atomic E-state index is 6.10. The fourth-order valence-corrected chi connectivity index (χ4v) is 2.49. The molecule has 94 valence electrons. The fourth-order valence-electron chi connectivity index (χ4n) is 2.28. The number of hydrogen-bond acceptors (Lipinski definition) is 2. The van der Waals surface area contributed by atoms with Crippen molar-refractivity contribution in [2.45, 2.75) is 25.8 Å². The number of halogens is 1. The van der Waals surface area contributed by atoms with Crippen LogP contribution in [0.4, 0.5) is 0 Å². The van der Waals surface area contributed by atoms with Gasteiger partial charge in [-0.25, -0.2) is 0 Å². The predicted octanol–water partition coefficient (Wildman–Crippen LogP) is 2.92. The predicted molar refractivity (Wildman–Crippen MR) is 73.4 cm³/mol. The molecule has 0 saturated carbocycles. The lowest BCUT2D eigenvalue weighted by Gasteiger charge is -2.26. The van der Waals surface area contributed by atoms with Crippen LogP contribution in [0.15, 0.2) is 24.3 Å². The Morgan fingerprint density at radius 1 is 1.12 bits per heavy atom. The van der Waals surface area contributed by atoms with Crippen molar-refractivity contribution in [2.24, 2.45) is 0 Å². The van der Waals surface area contributed by atoms with Crippen molar-refractivity contribution in [2.75, 3.05) is 26.2 Å². The van der Waals surface area contributed by atoms with E-state index in [1.54, 1.807) is 0 Å². The normalized spacial score (nSPS) is 17.2. The van der Waals surface area contributed by atoms with Gasteiger partial charge >= 0.3 is 0 Å². The molecule has 0 spiro atoms. The molecule has 0 amide bonds. The molecule has 2 rings (SSSR count). The van der Waals surface area contributed by atoms with Crippen molar-refractivity contribution in [1.82, 2.24) is 10.2 Å². The van der Waals surface area contributed by atoms with Gasteiger partial charge in [0.1, 0.15) is 0 Å². The molecular formula is C14H21ClN2. The number of benzene rings is 1. The van der Waals surface area contributed by atoms with Gasteiger partial charge in [0.25, 0.3) is 0 Å². The molecule has 1 aliphatic rings. The molecule has 1 aliphatic heterocycles. The second kappa shape index (κ2) is 7.00. The van der Waals surface area contributed by atoms with E-state index in [1.165, 1.54) is 37.9 Å². The van der Waals surface area contributed by atoms with E-state index in [9.17, 15) is 0 Å². The Kier molecular flexibility index (Phi) is 5.30. The zero-order valence-corrected chi connectivity index (χ0v) is 11.0. The first-order valence-electron chi connectivity index (χ1n) is 6.53. The van der Waals surface area contributed by atoms with Crippen LogP contribution in [0.25, 0.3) is 0 Å². The van der Waals surface area contributed by atoms with Crippen LogP contribution in [0.3, 0.4) is 0 Å². The Bertz CT molecular complexity index is 335. The SMILES string of the molecule is Clc1ccccc1CNCCN1CCCCC1. The second-order valence-corrected chi connectivity index (χ2v) is 5.08. The summed E-state index contributed by atoms with van der Waals surface area (Å²) < 4.78 is 0. The quantitative estimate of drug-likeness (QED) is 0.811. The van der Waals surface area contributed by atoms with Gasteiger partial charge in [0.05, 0.1) is 0 Å². The van der Waals surface area contributed by atoms with Crippen LogP contribution in [0.5, 0.6) is 0 Å². The first-order valence-corrected chi connectivity index (χ1v) is 6.90. The summed E-state index contributed by atoms with van der Waals surface area (Å²) in [6.45, 7) is 5.62. The third-order valence-electron chi connectivity index (χ3n) is 3.33. The summed E-state index contributed by atoms with van der Waals surface area (Å²) in [6.07, 6.45) is 4.14. The van der Waals surface area contributed by atoms with E-state index in [2.05, 4.69) is 16.3 Å². The lowest BCUT2D eigenvalue weighted by atomic mass is 10.1. The number of nitrogens with one attached hydrogen (secondary N) is 1. The van der Waals surface area contributed by atoms with Gasteiger partial charge in [-0.15, -0.1) is 0 Å². The van der Waals surface area contributed by atoms with E-state index < -0.39 is 0 Å². The second-order valence-electron chi connectivity index (χ2n) is 4.67. The van der Waals surface area contributed by atoms with Crippen LogP contribution in [0.1, 0.15) is 24.8 Å². The summed E-state index contributed by atoms with van der Waals surface area (Å²) in [7, 11) is 0. The highest BCUT2D eigenvalue weighted by Gasteiger charge is 2.08. The van der Waals surface area contributed by atoms with Crippen molar-refractivity contribution in [3.63, 3.8) is 0 Å². The molecule has 17 heavy (non-hydrogen) atoms. The minimum absolute atomic E-state index is 0.859. The first-order chi connectivity index (χ1) is 8.36. The summed E-state index contributed by atoms with van der Waals surface area (Å²) >= 11 is 6.10. The Morgan fingerprint density at radius 2 is 1.88 bits per heavy atom. The largest absolute Gasteiger partial charge is 0.311 e. The lowest BCUT2D eigenvalue weighted by Crippen LogP contribution is -2.35. The molecule has 2 nitrogen and oxygen atoms in total. The van der Waals surface area contributed by atoms with Gasteiger partial charge in [-0.1, -0.05) is 36.2 Å². The molecule has 0 bridgehead atoms. The summed E-state index contributed by atoms with van der Waals surface area (Å²) in [5.74, 6) is 0. The van der Waals surface area contributed by atoms with E-state index in [0.29, 0.717) is 0 Å². The van der Waals surface area contributed by atoms with E-state index in [1.807, 2.05) is 18.2 Å². The van der Waals surface area contributed by atoms with Crippen LogP contribution in [-0.2, 0) is 6.54 Å². The summed E-state index contributed by atoms with van der Waals surface area (Å²) in [4.78, 5) is 2.54. The maximum absolute atomic E-state index is 6.10. The van der Waals surface area contributed by atoms with Crippen molar-refractivity contribution in [3.8, 4) is 0 Å². The molecule has 0 unspecified atom stereocenters. The molecule has 0 aliphatic carbocycles. The highest BCUT2D eigenvalue weighted by atomic mass is 35.5. The van der Waals surface area contributed by atoms with Crippen LogP contribution >= 0.6 is 11.6 Å². The molecule has 0 atom stereocenters. The van der Waals surface area contributed by atoms with Crippen molar-refractivity contribution < 1.29 is 0 Å². The highest BCUT2D eigenvalue weighted by Crippen LogP contribution is 2.14. The monoisotopic (exact) mass is 252 g/mol. The van der Waals surface area contributed by atoms with E-state index in [-0.39, 0.29) is 0 Å². The first kappa shape index (κ1) is 12.9. The molecule has 1 aromatic rings. The number of rotatable bonds is 5. The Hall–Kier alpha value is -0.570. The smallest absolute Gasteiger partial charge is 0.0450 e. The fraction of sp³-hybridized carbons (Fsp3) is 0.571. The average Bonchev–Trinajstić information content (AvgIpc) is 2.38. The third kappa shape index (κ3) is 4.30. The minimum atomic E-state index is 0.859. The van der Waals surface area contributed by atoms with Crippen molar-refractivity contribution in [3.05, 3.63) is 34.9 Å². The van der Waals surface area contributed by atoms with E-state index in [0.717, 1.165) is 24.7 Å². The molecular weight excluding hydrogens is 232 g/mol. The van der Waals surface area contributed by atoms with Gasteiger partial charge in [0.2, 0.25) is 0 Å². The molecule has 1 N–H and O–H groups in total. The third-order valence-corrected chi connectivity index (χ3v) is 3.70. The van der Waals surface area contributed by atoms with Gasteiger partial charge in [-0.3, -0.25) is 0 Å². The summed E-state index contributed by atoms with van der Waals surface area (Å²) in [5, 5.41) is 4.32. The number of likely N-dealkylation sites (tertiary alicyclic amines) is 1. The van der Waals surface area contributed by atoms with Gasteiger partial charge in [-0.05, 0) is 37.6 Å². The van der Waals surface area contributed by atoms with Crippen LogP contribution in [0.2, 0.25) is 5.02 Å². The van der Waals surface area contributed by atoms with Crippen LogP contribution in [-0.4, -0.2) is 31.1 Å². The van der Waals surface area contributed by atoms with E-state index >= 15 is 0 Å². The summed E-state index contributed by atoms with van der Waals surface area (Å²) in [6, 6.07) is 8.03. The highest BCUT2D eigenvalue weighted by molar-refractivity contribution is 6.31. The van der Waals surface area contributed by atoms with Gasteiger partial charge in [0.15, 0.2) is 0 Å². The van der Waals surface area contributed by atoms with Crippen molar-refractivity contribution in [1.29, 1.82) is 0 Å². The van der Waals surface area contributed by atoms with Gasteiger partial charge in [0, 0.05) is 24.7 Å². The van der Waals surface area contributed by atoms with Gasteiger partial charge in [-0.2, -0.15) is 0 Å². The Labute approximate surface area is 109 Å². The summed E-state index contributed by atoms with van der Waals surface area (Å²) in [5.41, 5.74) is 1.19. The number of hydrogen-bond donors (Lipinski definition) is 1. The van der Waals surface area contributed by atoms with Crippen LogP contribution < -0.4 is 5.32 Å². The Balaban J connectivity index is 1.64. The maximum Gasteiger partial charge on any atom is 0.0450 e. The van der Waals surface area contributed by atoms with Crippen molar-refractivity contribution >= 4 is 11.6 Å². The zero-order valence-electron chi connectivity index (χ0n) is 10.3. The molecule has 3 heteroatoms. The minimum Gasteiger partial charge on any atom is -0.311 e. The molecule has 1 fully saturated rings. The number of piperidine rings is 1.